The number of amides is 1. The van der Waals surface area contributed by atoms with E-state index in [1.165, 1.54) is 12.1 Å². The Balaban J connectivity index is 1.77. The standard InChI is InChI=1S/C19H18FN3O/c1-19(2)12-16(18(24)23(19)3)17-11-10-15(21-22-17)9-6-13-4-7-14(20)8-5-13/h4-5,7-8,10-11,16H,12H2,1-3H3/t16-/m0/s1. The van der Waals surface area contributed by atoms with Crippen LogP contribution in [0.15, 0.2) is 36.4 Å². The smallest absolute Gasteiger partial charge is 0.232 e. The zero-order valence-electron chi connectivity index (χ0n) is 13.9. The Labute approximate surface area is 140 Å². The summed E-state index contributed by atoms with van der Waals surface area (Å²) in [6.45, 7) is 4.09. The summed E-state index contributed by atoms with van der Waals surface area (Å²) in [6, 6.07) is 9.51. The van der Waals surface area contributed by atoms with Crippen molar-refractivity contribution in [3.63, 3.8) is 0 Å². The van der Waals surface area contributed by atoms with Crippen molar-refractivity contribution >= 4 is 5.91 Å². The minimum atomic E-state index is -0.293. The van der Waals surface area contributed by atoms with Crippen LogP contribution in [0.4, 0.5) is 4.39 Å². The van der Waals surface area contributed by atoms with E-state index in [1.54, 1.807) is 29.2 Å². The Morgan fingerprint density at radius 1 is 1.12 bits per heavy atom. The van der Waals surface area contributed by atoms with Crippen molar-refractivity contribution in [2.45, 2.75) is 31.7 Å². The molecule has 122 valence electrons. The molecule has 1 aliphatic rings. The predicted octanol–water partition coefficient (Wildman–Crippen LogP) is 2.74. The molecule has 1 saturated heterocycles. The second kappa shape index (κ2) is 6.04. The van der Waals surface area contributed by atoms with Crippen LogP contribution in [0.2, 0.25) is 0 Å². The normalized spacial score (nSPS) is 19.1. The van der Waals surface area contributed by atoms with Crippen molar-refractivity contribution in [2.24, 2.45) is 0 Å². The Bertz CT molecular complexity index is 816. The van der Waals surface area contributed by atoms with E-state index in [2.05, 4.69) is 22.0 Å². The number of rotatable bonds is 1. The Kier molecular flexibility index (Phi) is 4.06. The van der Waals surface area contributed by atoms with E-state index in [9.17, 15) is 9.18 Å². The minimum Gasteiger partial charge on any atom is -0.340 e. The largest absolute Gasteiger partial charge is 0.340 e. The maximum absolute atomic E-state index is 12.9. The fraction of sp³-hybridized carbons (Fsp3) is 0.316. The average molecular weight is 323 g/mol. The van der Waals surface area contributed by atoms with Gasteiger partial charge in [-0.05, 0) is 62.6 Å². The summed E-state index contributed by atoms with van der Waals surface area (Å²) in [5.74, 6) is 5.33. The number of nitrogens with zero attached hydrogens (tertiary/aromatic N) is 3. The molecule has 3 rings (SSSR count). The third-order valence-corrected chi connectivity index (χ3v) is 4.46. The van der Waals surface area contributed by atoms with Crippen molar-refractivity contribution in [1.82, 2.24) is 15.1 Å². The van der Waals surface area contributed by atoms with Gasteiger partial charge in [-0.25, -0.2) is 4.39 Å². The van der Waals surface area contributed by atoms with Crippen LogP contribution in [0.5, 0.6) is 0 Å². The molecule has 0 radical (unpaired) electrons. The summed E-state index contributed by atoms with van der Waals surface area (Å²) in [6.07, 6.45) is 0.720. The molecule has 0 saturated carbocycles. The van der Waals surface area contributed by atoms with Crippen molar-refractivity contribution in [3.8, 4) is 11.8 Å². The van der Waals surface area contributed by atoms with Gasteiger partial charge in [0, 0.05) is 18.2 Å². The molecule has 2 aromatic rings. The maximum atomic E-state index is 12.9. The molecule has 0 spiro atoms. The third-order valence-electron chi connectivity index (χ3n) is 4.46. The van der Waals surface area contributed by atoms with Gasteiger partial charge in [0.1, 0.15) is 11.5 Å². The zero-order chi connectivity index (χ0) is 17.3. The highest BCUT2D eigenvalue weighted by atomic mass is 19.1. The highest BCUT2D eigenvalue weighted by Crippen LogP contribution is 2.37. The second-order valence-corrected chi connectivity index (χ2v) is 6.57. The molecule has 0 bridgehead atoms. The van der Waals surface area contributed by atoms with Crippen LogP contribution < -0.4 is 0 Å². The topological polar surface area (TPSA) is 46.1 Å². The predicted molar refractivity (Wildman–Crippen MR) is 88.6 cm³/mol. The first-order chi connectivity index (χ1) is 11.4. The van der Waals surface area contributed by atoms with Crippen LogP contribution >= 0.6 is 0 Å². The Morgan fingerprint density at radius 2 is 1.83 bits per heavy atom. The van der Waals surface area contributed by atoms with Crippen LogP contribution in [0.25, 0.3) is 0 Å². The van der Waals surface area contributed by atoms with Crippen LogP contribution in [-0.4, -0.2) is 33.6 Å². The number of aromatic nitrogens is 2. The Hall–Kier alpha value is -2.74. The first-order valence-corrected chi connectivity index (χ1v) is 7.76. The SMILES string of the molecule is CN1C(=O)[C@H](c2ccc(C#Cc3ccc(F)cc3)nn2)CC1(C)C. The van der Waals surface area contributed by atoms with Crippen molar-refractivity contribution in [2.75, 3.05) is 7.05 Å². The van der Waals surface area contributed by atoms with E-state index >= 15 is 0 Å². The molecule has 1 fully saturated rings. The molecule has 1 atom stereocenters. The lowest BCUT2D eigenvalue weighted by atomic mass is 9.94. The lowest BCUT2D eigenvalue weighted by Gasteiger charge is -2.26. The first kappa shape index (κ1) is 16.1. The number of hydrogen-bond donors (Lipinski definition) is 0. The molecule has 5 heteroatoms. The third kappa shape index (κ3) is 3.13. The van der Waals surface area contributed by atoms with Crippen molar-refractivity contribution in [1.29, 1.82) is 0 Å². The Morgan fingerprint density at radius 3 is 2.38 bits per heavy atom. The van der Waals surface area contributed by atoms with Crippen LogP contribution in [-0.2, 0) is 4.79 Å². The second-order valence-electron chi connectivity index (χ2n) is 6.57. The summed E-state index contributed by atoms with van der Waals surface area (Å²) in [5, 5.41) is 8.27. The van der Waals surface area contributed by atoms with Crippen LogP contribution in [0.3, 0.4) is 0 Å². The van der Waals surface area contributed by atoms with Gasteiger partial charge in [0.2, 0.25) is 5.91 Å². The van der Waals surface area contributed by atoms with Gasteiger partial charge in [-0.1, -0.05) is 5.92 Å². The summed E-state index contributed by atoms with van der Waals surface area (Å²) >= 11 is 0. The van der Waals surface area contributed by atoms with E-state index < -0.39 is 0 Å². The van der Waals surface area contributed by atoms with Gasteiger partial charge in [0.25, 0.3) is 0 Å². The maximum Gasteiger partial charge on any atom is 0.232 e. The zero-order valence-corrected chi connectivity index (χ0v) is 13.9. The minimum absolute atomic E-state index is 0.0689. The molecule has 1 aromatic carbocycles. The van der Waals surface area contributed by atoms with Crippen LogP contribution in [0.1, 0.15) is 43.1 Å². The monoisotopic (exact) mass is 323 g/mol. The number of hydrogen-bond acceptors (Lipinski definition) is 3. The van der Waals surface area contributed by atoms with Crippen molar-refractivity contribution < 1.29 is 9.18 Å². The highest BCUT2D eigenvalue weighted by Gasteiger charge is 2.44. The number of carbonyl (C=O) groups is 1. The van der Waals surface area contributed by atoms with Gasteiger partial charge in [-0.3, -0.25) is 4.79 Å². The first-order valence-electron chi connectivity index (χ1n) is 7.76. The van der Waals surface area contributed by atoms with E-state index in [0.29, 0.717) is 17.0 Å². The molecule has 1 aliphatic heterocycles. The van der Waals surface area contributed by atoms with Gasteiger partial charge < -0.3 is 4.90 Å². The molecule has 24 heavy (non-hydrogen) atoms. The van der Waals surface area contributed by atoms with E-state index in [1.807, 2.05) is 20.9 Å². The molecule has 0 aliphatic carbocycles. The molecular weight excluding hydrogens is 305 g/mol. The summed E-state index contributed by atoms with van der Waals surface area (Å²) in [7, 11) is 1.82. The molecule has 2 heterocycles. The molecule has 0 N–H and O–H groups in total. The van der Waals surface area contributed by atoms with Crippen LogP contribution in [0, 0.1) is 17.7 Å². The van der Waals surface area contributed by atoms with Crippen molar-refractivity contribution in [3.05, 3.63) is 59.2 Å². The summed E-state index contributed by atoms with van der Waals surface area (Å²) in [5.41, 5.74) is 1.72. The van der Waals surface area contributed by atoms with E-state index in [4.69, 9.17) is 0 Å². The number of carbonyl (C=O) groups excluding carboxylic acids is 1. The molecule has 0 unspecified atom stereocenters. The van der Waals surface area contributed by atoms with Gasteiger partial charge >= 0.3 is 0 Å². The number of likely N-dealkylation sites (tertiary alicyclic amines) is 1. The lowest BCUT2D eigenvalue weighted by Crippen LogP contribution is -2.37. The average Bonchev–Trinajstić information content (AvgIpc) is 2.78. The van der Waals surface area contributed by atoms with Gasteiger partial charge in [0.15, 0.2) is 0 Å². The van der Waals surface area contributed by atoms with E-state index in [-0.39, 0.29) is 23.2 Å². The number of benzene rings is 1. The fourth-order valence-corrected chi connectivity index (χ4v) is 2.75. The van der Waals surface area contributed by atoms with Gasteiger partial charge in [0.05, 0.1) is 11.6 Å². The quantitative estimate of drug-likeness (QED) is 0.758. The lowest BCUT2D eigenvalue weighted by molar-refractivity contribution is -0.130. The molecule has 1 amide bonds. The van der Waals surface area contributed by atoms with Gasteiger partial charge in [-0.15, -0.1) is 5.10 Å². The molecular formula is C19H18FN3O. The van der Waals surface area contributed by atoms with E-state index in [0.717, 1.165) is 6.42 Å². The summed E-state index contributed by atoms with van der Waals surface area (Å²) < 4.78 is 12.9. The number of likely N-dealkylation sites (N-methyl/N-ethyl adjacent to an activating group) is 1. The summed E-state index contributed by atoms with van der Waals surface area (Å²) in [4.78, 5) is 14.1. The van der Waals surface area contributed by atoms with Gasteiger partial charge in [-0.2, -0.15) is 5.10 Å². The number of halogens is 1. The fourth-order valence-electron chi connectivity index (χ4n) is 2.75. The molecule has 1 aromatic heterocycles. The highest BCUT2D eigenvalue weighted by molar-refractivity contribution is 5.86. The molecule has 4 nitrogen and oxygen atoms in total.